The fraction of sp³-hybridized carbons (Fsp3) is 0.600. The second-order valence-electron chi connectivity index (χ2n) is 9.10. The minimum absolute atomic E-state index is 0.531. The number of piperidine rings is 2. The van der Waals surface area contributed by atoms with Crippen LogP contribution in [0.4, 0.5) is 0 Å². The van der Waals surface area contributed by atoms with Gasteiger partial charge >= 0.3 is 0 Å². The quantitative estimate of drug-likeness (QED) is 0.559. The van der Waals surface area contributed by atoms with E-state index >= 15 is 0 Å². The molecule has 2 aromatic rings. The highest BCUT2D eigenvalue weighted by Crippen LogP contribution is 2.29. The molecule has 2 fully saturated rings. The molecule has 6 heteroatoms. The number of likely N-dealkylation sites (tertiary alicyclic amines) is 2. The molecule has 31 heavy (non-hydrogen) atoms. The predicted molar refractivity (Wildman–Crippen MR) is 131 cm³/mol. The first kappa shape index (κ1) is 22.6. The Morgan fingerprint density at radius 3 is 2.48 bits per heavy atom. The Hall–Kier alpha value is -1.63. The summed E-state index contributed by atoms with van der Waals surface area (Å²) < 4.78 is 2.25. The molecule has 0 saturated carbocycles. The lowest BCUT2D eigenvalue weighted by atomic mass is 9.95. The summed E-state index contributed by atoms with van der Waals surface area (Å²) in [6.07, 6.45) is 8.77. The van der Waals surface area contributed by atoms with Crippen molar-refractivity contribution in [2.45, 2.75) is 50.1 Å². The van der Waals surface area contributed by atoms with Gasteiger partial charge in [0.25, 0.3) is 0 Å². The summed E-state index contributed by atoms with van der Waals surface area (Å²) in [5, 5.41) is 10.2. The van der Waals surface area contributed by atoms with Crippen LogP contribution in [0.15, 0.2) is 41.1 Å². The molecule has 0 bridgehead atoms. The molecule has 0 atom stereocenters. The van der Waals surface area contributed by atoms with Gasteiger partial charge in [-0.3, -0.25) is 4.90 Å². The number of nitrogens with zero attached hydrogens (tertiary/aromatic N) is 5. The molecule has 3 heterocycles. The topological polar surface area (TPSA) is 37.2 Å². The maximum absolute atomic E-state index is 4.60. The monoisotopic (exact) mass is 439 g/mol. The Morgan fingerprint density at radius 1 is 1.00 bits per heavy atom. The van der Waals surface area contributed by atoms with Crippen LogP contribution in [0.3, 0.4) is 0 Å². The van der Waals surface area contributed by atoms with Crippen LogP contribution in [0.2, 0.25) is 0 Å². The summed E-state index contributed by atoms with van der Waals surface area (Å²) in [6.45, 7) is 9.27. The van der Waals surface area contributed by atoms with Crippen LogP contribution < -0.4 is 0 Å². The van der Waals surface area contributed by atoms with E-state index in [2.05, 4.69) is 74.9 Å². The van der Waals surface area contributed by atoms with Gasteiger partial charge in [-0.15, -0.1) is 10.2 Å². The molecule has 2 aliphatic heterocycles. The summed E-state index contributed by atoms with van der Waals surface area (Å²) in [6, 6.07) is 10.6. The number of rotatable bonds is 8. The average Bonchev–Trinajstić information content (AvgIpc) is 3.16. The summed E-state index contributed by atoms with van der Waals surface area (Å²) in [5.74, 6) is 2.82. The van der Waals surface area contributed by atoms with Crippen LogP contribution in [0.1, 0.15) is 56.3 Å². The second kappa shape index (κ2) is 11.3. The normalized spacial score (nSPS) is 19.7. The standard InChI is InChI=1S/C25H37N5S/c1-21(19-22-9-5-3-6-10-22)20-30-15-11-23(12-16-30)24-26-27-25(28(24)2)31-18-17-29-13-7-4-8-14-29/h3,5-6,9-10,19,23H,4,7-8,11-18,20H2,1-2H3. The molecule has 1 aromatic heterocycles. The molecular weight excluding hydrogens is 402 g/mol. The van der Waals surface area contributed by atoms with Crippen molar-refractivity contribution in [1.82, 2.24) is 24.6 Å². The maximum atomic E-state index is 4.60. The Morgan fingerprint density at radius 2 is 1.74 bits per heavy atom. The van der Waals surface area contributed by atoms with Crippen LogP contribution in [-0.2, 0) is 7.05 Å². The van der Waals surface area contributed by atoms with Gasteiger partial charge in [-0.2, -0.15) is 0 Å². The van der Waals surface area contributed by atoms with E-state index in [0.717, 1.165) is 30.5 Å². The predicted octanol–water partition coefficient (Wildman–Crippen LogP) is 4.68. The van der Waals surface area contributed by atoms with Crippen molar-refractivity contribution < 1.29 is 0 Å². The highest BCUT2D eigenvalue weighted by molar-refractivity contribution is 7.99. The van der Waals surface area contributed by atoms with Gasteiger partial charge in [0, 0.05) is 31.8 Å². The summed E-state index contributed by atoms with van der Waals surface area (Å²) in [5.41, 5.74) is 2.72. The Bertz CT molecular complexity index is 833. The molecule has 168 valence electrons. The highest BCUT2D eigenvalue weighted by Gasteiger charge is 2.25. The molecular formula is C25H37N5S. The smallest absolute Gasteiger partial charge is 0.191 e. The number of aromatic nitrogens is 3. The molecule has 2 aliphatic rings. The van der Waals surface area contributed by atoms with E-state index in [4.69, 9.17) is 0 Å². The zero-order valence-corrected chi connectivity index (χ0v) is 20.0. The molecule has 0 N–H and O–H groups in total. The largest absolute Gasteiger partial charge is 0.309 e. The van der Waals surface area contributed by atoms with Gasteiger partial charge in [-0.1, -0.05) is 60.2 Å². The van der Waals surface area contributed by atoms with E-state index in [-0.39, 0.29) is 0 Å². The van der Waals surface area contributed by atoms with E-state index < -0.39 is 0 Å². The Kier molecular flexibility index (Phi) is 8.22. The number of hydrogen-bond donors (Lipinski definition) is 0. The highest BCUT2D eigenvalue weighted by atomic mass is 32.2. The first-order valence-electron chi connectivity index (χ1n) is 11.9. The van der Waals surface area contributed by atoms with Crippen LogP contribution in [-0.4, -0.2) is 69.6 Å². The van der Waals surface area contributed by atoms with Gasteiger partial charge in [-0.05, 0) is 64.3 Å². The fourth-order valence-electron chi connectivity index (χ4n) is 4.84. The molecule has 5 nitrogen and oxygen atoms in total. The van der Waals surface area contributed by atoms with Crippen LogP contribution >= 0.6 is 11.8 Å². The second-order valence-corrected chi connectivity index (χ2v) is 10.2. The first-order chi connectivity index (χ1) is 15.2. The summed E-state index contributed by atoms with van der Waals surface area (Å²) >= 11 is 1.87. The van der Waals surface area contributed by atoms with Gasteiger partial charge in [0.1, 0.15) is 5.82 Å². The number of thioether (sulfide) groups is 1. The Balaban J connectivity index is 1.23. The van der Waals surface area contributed by atoms with E-state index in [0.29, 0.717) is 5.92 Å². The zero-order chi connectivity index (χ0) is 21.5. The first-order valence-corrected chi connectivity index (χ1v) is 12.9. The van der Waals surface area contributed by atoms with Crippen molar-refractivity contribution in [3.05, 3.63) is 47.3 Å². The van der Waals surface area contributed by atoms with Crippen molar-refractivity contribution in [3.8, 4) is 0 Å². The van der Waals surface area contributed by atoms with Gasteiger partial charge in [0.15, 0.2) is 5.16 Å². The lowest BCUT2D eigenvalue weighted by Crippen LogP contribution is -2.34. The third-order valence-electron chi connectivity index (χ3n) is 6.59. The lowest BCUT2D eigenvalue weighted by molar-refractivity contribution is 0.223. The van der Waals surface area contributed by atoms with E-state index in [1.54, 1.807) is 0 Å². The zero-order valence-electron chi connectivity index (χ0n) is 19.2. The van der Waals surface area contributed by atoms with Crippen LogP contribution in [0.5, 0.6) is 0 Å². The van der Waals surface area contributed by atoms with Crippen molar-refractivity contribution in [2.75, 3.05) is 45.0 Å². The number of benzene rings is 1. The van der Waals surface area contributed by atoms with Gasteiger partial charge < -0.3 is 9.47 Å². The molecule has 2 saturated heterocycles. The maximum Gasteiger partial charge on any atom is 0.191 e. The summed E-state index contributed by atoms with van der Waals surface area (Å²) in [7, 11) is 2.15. The number of hydrogen-bond acceptors (Lipinski definition) is 5. The average molecular weight is 440 g/mol. The third-order valence-corrected chi connectivity index (χ3v) is 7.59. The SMILES string of the molecule is CC(=Cc1ccccc1)CN1CCC(c2nnc(SCCN3CCCCC3)n2C)CC1. The van der Waals surface area contributed by atoms with E-state index in [1.807, 2.05) is 11.8 Å². The fourth-order valence-corrected chi connectivity index (χ4v) is 5.76. The minimum Gasteiger partial charge on any atom is -0.309 e. The van der Waals surface area contributed by atoms with Crippen LogP contribution in [0.25, 0.3) is 6.08 Å². The van der Waals surface area contributed by atoms with Gasteiger partial charge in [-0.25, -0.2) is 0 Å². The van der Waals surface area contributed by atoms with E-state index in [1.165, 1.54) is 68.7 Å². The molecule has 0 radical (unpaired) electrons. The minimum atomic E-state index is 0.531. The lowest BCUT2D eigenvalue weighted by Gasteiger charge is -2.31. The molecule has 1 aromatic carbocycles. The van der Waals surface area contributed by atoms with Gasteiger partial charge in [0.05, 0.1) is 0 Å². The summed E-state index contributed by atoms with van der Waals surface area (Å²) in [4.78, 5) is 5.17. The third kappa shape index (κ3) is 6.43. The van der Waals surface area contributed by atoms with Crippen molar-refractivity contribution in [2.24, 2.45) is 7.05 Å². The molecule has 0 spiro atoms. The van der Waals surface area contributed by atoms with Crippen molar-refractivity contribution >= 4 is 17.8 Å². The van der Waals surface area contributed by atoms with Crippen molar-refractivity contribution in [3.63, 3.8) is 0 Å². The van der Waals surface area contributed by atoms with E-state index in [9.17, 15) is 0 Å². The molecule has 4 rings (SSSR count). The molecule has 0 amide bonds. The van der Waals surface area contributed by atoms with Crippen molar-refractivity contribution in [1.29, 1.82) is 0 Å². The van der Waals surface area contributed by atoms with Gasteiger partial charge in [0.2, 0.25) is 0 Å². The molecule has 0 aliphatic carbocycles. The Labute approximate surface area is 191 Å². The van der Waals surface area contributed by atoms with Crippen LogP contribution in [0, 0.1) is 0 Å². The molecule has 0 unspecified atom stereocenters.